The van der Waals surface area contributed by atoms with Crippen molar-refractivity contribution in [2.75, 3.05) is 31.1 Å². The van der Waals surface area contributed by atoms with Crippen LogP contribution in [0.25, 0.3) is 0 Å². The molecular formula is C11H16N4O2. The van der Waals surface area contributed by atoms with Gasteiger partial charge in [-0.05, 0) is 26.0 Å². The zero-order chi connectivity index (χ0) is 12.3. The van der Waals surface area contributed by atoms with Gasteiger partial charge in [0.2, 0.25) is 0 Å². The molecule has 0 amide bonds. The molecule has 6 heteroatoms. The minimum Gasteiger partial charge on any atom is -0.355 e. The van der Waals surface area contributed by atoms with E-state index in [4.69, 9.17) is 0 Å². The quantitative estimate of drug-likeness (QED) is 0.615. The molecule has 0 atom stereocenters. The van der Waals surface area contributed by atoms with Gasteiger partial charge in [0.1, 0.15) is 12.0 Å². The highest BCUT2D eigenvalue weighted by molar-refractivity contribution is 5.48. The number of hydrogen-bond donors (Lipinski definition) is 1. The molecule has 0 aliphatic carbocycles. The van der Waals surface area contributed by atoms with Crippen LogP contribution < -0.4 is 10.2 Å². The average molecular weight is 236 g/mol. The summed E-state index contributed by atoms with van der Waals surface area (Å²) in [7, 11) is 0. The Bertz CT molecular complexity index is 414. The maximum absolute atomic E-state index is 10.7. The van der Waals surface area contributed by atoms with Gasteiger partial charge in [0.05, 0.1) is 4.92 Å². The first-order valence-electron chi connectivity index (χ1n) is 5.75. The highest BCUT2D eigenvalue weighted by atomic mass is 16.6. The molecule has 2 rings (SSSR count). The summed E-state index contributed by atoms with van der Waals surface area (Å²) in [5.41, 5.74) is 0.749. The zero-order valence-corrected chi connectivity index (χ0v) is 9.85. The molecule has 1 N–H and O–H groups in total. The van der Waals surface area contributed by atoms with E-state index in [1.807, 2.05) is 0 Å². The van der Waals surface area contributed by atoms with E-state index in [1.165, 1.54) is 6.20 Å². The van der Waals surface area contributed by atoms with Crippen LogP contribution in [0, 0.1) is 17.0 Å². The third kappa shape index (κ3) is 2.71. The van der Waals surface area contributed by atoms with Crippen molar-refractivity contribution in [2.45, 2.75) is 13.3 Å². The zero-order valence-electron chi connectivity index (χ0n) is 9.85. The second-order valence-electron chi connectivity index (χ2n) is 4.18. The summed E-state index contributed by atoms with van der Waals surface area (Å²) in [6.07, 6.45) is 2.42. The predicted molar refractivity (Wildman–Crippen MR) is 65.3 cm³/mol. The Morgan fingerprint density at radius 1 is 1.47 bits per heavy atom. The van der Waals surface area contributed by atoms with Crippen LogP contribution in [0.1, 0.15) is 12.0 Å². The van der Waals surface area contributed by atoms with Gasteiger partial charge in [0, 0.05) is 25.2 Å². The highest BCUT2D eigenvalue weighted by Gasteiger charge is 2.15. The second-order valence-corrected chi connectivity index (χ2v) is 4.18. The summed E-state index contributed by atoms with van der Waals surface area (Å²) < 4.78 is 0. The van der Waals surface area contributed by atoms with Crippen LogP contribution in [-0.4, -0.2) is 36.1 Å². The van der Waals surface area contributed by atoms with Crippen molar-refractivity contribution < 1.29 is 4.92 Å². The van der Waals surface area contributed by atoms with Crippen molar-refractivity contribution in [1.29, 1.82) is 0 Å². The molecular weight excluding hydrogens is 220 g/mol. The molecule has 0 unspecified atom stereocenters. The molecule has 1 aliphatic rings. The van der Waals surface area contributed by atoms with Gasteiger partial charge in [-0.3, -0.25) is 10.1 Å². The van der Waals surface area contributed by atoms with Crippen LogP contribution in [0.3, 0.4) is 0 Å². The molecule has 0 radical (unpaired) electrons. The molecule has 17 heavy (non-hydrogen) atoms. The topological polar surface area (TPSA) is 71.3 Å². The van der Waals surface area contributed by atoms with Gasteiger partial charge in [0.25, 0.3) is 5.69 Å². The van der Waals surface area contributed by atoms with Gasteiger partial charge in [-0.2, -0.15) is 0 Å². The van der Waals surface area contributed by atoms with E-state index in [9.17, 15) is 10.1 Å². The standard InChI is InChI=1S/C11H16N4O2/c1-9-7-11(13-8-10(9)15(16)17)14-5-2-3-12-4-6-14/h7-8,12H,2-6H2,1H3. The Labute approximate surface area is 99.8 Å². The van der Waals surface area contributed by atoms with Crippen LogP contribution in [0.5, 0.6) is 0 Å². The summed E-state index contributed by atoms with van der Waals surface area (Å²) in [5.74, 6) is 0.830. The Morgan fingerprint density at radius 3 is 3.00 bits per heavy atom. The first-order valence-corrected chi connectivity index (χ1v) is 5.75. The Kier molecular flexibility index (Phi) is 3.53. The lowest BCUT2D eigenvalue weighted by molar-refractivity contribution is -0.385. The average Bonchev–Trinajstić information content (AvgIpc) is 2.56. The largest absolute Gasteiger partial charge is 0.355 e. The minimum absolute atomic E-state index is 0.0849. The van der Waals surface area contributed by atoms with E-state index in [-0.39, 0.29) is 5.69 Å². The van der Waals surface area contributed by atoms with Crippen molar-refractivity contribution in [3.8, 4) is 0 Å². The van der Waals surface area contributed by atoms with Crippen molar-refractivity contribution in [3.05, 3.63) is 27.9 Å². The fraction of sp³-hybridized carbons (Fsp3) is 0.545. The van der Waals surface area contributed by atoms with Crippen LogP contribution >= 0.6 is 0 Å². The fourth-order valence-corrected chi connectivity index (χ4v) is 1.97. The van der Waals surface area contributed by atoms with Gasteiger partial charge in [-0.1, -0.05) is 0 Å². The molecule has 0 saturated carbocycles. The minimum atomic E-state index is -0.393. The smallest absolute Gasteiger partial charge is 0.290 e. The predicted octanol–water partition coefficient (Wildman–Crippen LogP) is 1.10. The van der Waals surface area contributed by atoms with E-state index in [0.29, 0.717) is 5.56 Å². The Morgan fingerprint density at radius 2 is 2.29 bits per heavy atom. The number of anilines is 1. The summed E-state index contributed by atoms with van der Waals surface area (Å²) in [5, 5.41) is 14.0. The monoisotopic (exact) mass is 236 g/mol. The molecule has 1 aliphatic heterocycles. The summed E-state index contributed by atoms with van der Waals surface area (Å²) >= 11 is 0. The SMILES string of the molecule is Cc1cc(N2CCCNCC2)ncc1[N+](=O)[O-]. The molecule has 0 spiro atoms. The van der Waals surface area contributed by atoms with Crippen molar-refractivity contribution >= 4 is 11.5 Å². The lowest BCUT2D eigenvalue weighted by atomic mass is 10.2. The number of nitrogens with zero attached hydrogens (tertiary/aromatic N) is 3. The summed E-state index contributed by atoms with van der Waals surface area (Å²) in [4.78, 5) is 16.7. The number of rotatable bonds is 2. The Balaban J connectivity index is 2.21. The second kappa shape index (κ2) is 5.09. The van der Waals surface area contributed by atoms with Gasteiger partial charge < -0.3 is 10.2 Å². The van der Waals surface area contributed by atoms with E-state index in [1.54, 1.807) is 13.0 Å². The van der Waals surface area contributed by atoms with Crippen LogP contribution in [0.15, 0.2) is 12.3 Å². The van der Waals surface area contributed by atoms with Gasteiger partial charge in [-0.25, -0.2) is 4.98 Å². The van der Waals surface area contributed by atoms with E-state index < -0.39 is 4.92 Å². The molecule has 1 aromatic rings. The van der Waals surface area contributed by atoms with Crippen LogP contribution in [0.4, 0.5) is 11.5 Å². The number of nitrogens with one attached hydrogen (secondary N) is 1. The maximum Gasteiger partial charge on any atom is 0.290 e. The van der Waals surface area contributed by atoms with Gasteiger partial charge >= 0.3 is 0 Å². The van der Waals surface area contributed by atoms with Crippen LogP contribution in [-0.2, 0) is 0 Å². The molecule has 1 saturated heterocycles. The lowest BCUT2D eigenvalue weighted by Gasteiger charge is -2.21. The van der Waals surface area contributed by atoms with Crippen LogP contribution in [0.2, 0.25) is 0 Å². The lowest BCUT2D eigenvalue weighted by Crippen LogP contribution is -2.28. The maximum atomic E-state index is 10.7. The number of aryl methyl sites for hydroxylation is 1. The van der Waals surface area contributed by atoms with Gasteiger partial charge in [-0.15, -0.1) is 0 Å². The normalized spacial score (nSPS) is 16.6. The number of pyridine rings is 1. The highest BCUT2D eigenvalue weighted by Crippen LogP contribution is 2.21. The van der Waals surface area contributed by atoms with Crippen molar-refractivity contribution in [2.24, 2.45) is 0 Å². The molecule has 0 aromatic carbocycles. The Hall–Kier alpha value is -1.69. The van der Waals surface area contributed by atoms with E-state index in [2.05, 4.69) is 15.2 Å². The first-order chi connectivity index (χ1) is 8.18. The van der Waals surface area contributed by atoms with Crippen molar-refractivity contribution in [1.82, 2.24) is 10.3 Å². The first kappa shape index (κ1) is 11.8. The van der Waals surface area contributed by atoms with E-state index in [0.717, 1.165) is 38.4 Å². The van der Waals surface area contributed by atoms with Crippen molar-refractivity contribution in [3.63, 3.8) is 0 Å². The summed E-state index contributed by atoms with van der Waals surface area (Å²) in [6, 6.07) is 1.80. The molecule has 6 nitrogen and oxygen atoms in total. The third-order valence-electron chi connectivity index (χ3n) is 2.93. The number of hydrogen-bond acceptors (Lipinski definition) is 5. The molecule has 92 valence electrons. The third-order valence-corrected chi connectivity index (χ3v) is 2.93. The molecule has 2 heterocycles. The molecule has 0 bridgehead atoms. The summed E-state index contributed by atoms with van der Waals surface area (Å²) in [6.45, 7) is 5.53. The van der Waals surface area contributed by atoms with Gasteiger partial charge in [0.15, 0.2) is 0 Å². The van der Waals surface area contributed by atoms with E-state index >= 15 is 0 Å². The molecule has 1 fully saturated rings. The number of nitro groups is 1. The molecule has 1 aromatic heterocycles. The fourth-order valence-electron chi connectivity index (χ4n) is 1.97. The number of aromatic nitrogens is 1.